The molecule has 0 saturated carbocycles. The summed E-state index contributed by atoms with van der Waals surface area (Å²) in [6, 6.07) is 0. The summed E-state index contributed by atoms with van der Waals surface area (Å²) < 4.78 is 15.1. The largest absolute Gasteiger partial charge is 0.498 e. The summed E-state index contributed by atoms with van der Waals surface area (Å²) >= 11 is 0. The minimum atomic E-state index is -1.74. The van der Waals surface area contributed by atoms with Crippen molar-refractivity contribution in [3.05, 3.63) is 5.69 Å². The Morgan fingerprint density at radius 1 is 1.00 bits per heavy atom. The number of hydrogen-bond acceptors (Lipinski definition) is 6. The third-order valence-corrected chi connectivity index (χ3v) is 2.14. The number of nitrogens with zero attached hydrogens (tertiary/aromatic N) is 1. The molecular weight excluding hydrogens is 213 g/mol. The molecule has 2 N–H and O–H groups in total. The van der Waals surface area contributed by atoms with Gasteiger partial charge < -0.3 is 24.3 Å². The molecule has 0 amide bonds. The second-order valence-electron chi connectivity index (χ2n) is 3.06. The first-order valence-corrected chi connectivity index (χ1v) is 4.59. The van der Waals surface area contributed by atoms with Gasteiger partial charge in [0, 0.05) is 0 Å². The molecule has 0 aliphatic heterocycles. The molecule has 0 bridgehead atoms. The van der Waals surface area contributed by atoms with Gasteiger partial charge in [-0.05, 0) is 6.92 Å². The van der Waals surface area contributed by atoms with Crippen LogP contribution in [0, 0.1) is 6.92 Å². The van der Waals surface area contributed by atoms with Crippen LogP contribution in [0.15, 0.2) is 0 Å². The van der Waals surface area contributed by atoms with Crippen molar-refractivity contribution >= 4 is 12.6 Å². The van der Waals surface area contributed by atoms with Gasteiger partial charge in [-0.2, -0.15) is 0 Å². The lowest BCUT2D eigenvalue weighted by molar-refractivity contribution is 0.339. The molecule has 0 saturated heterocycles. The molecule has 16 heavy (non-hydrogen) atoms. The summed E-state index contributed by atoms with van der Waals surface area (Å²) in [5.41, 5.74) is 0.591. The standard InChI is InChI=1S/C9H14BNO5/c1-5-7(14-2)8(15-3)6(10(12)13)9(11-5)16-4/h12-13H,1-4H3. The highest BCUT2D eigenvalue weighted by Crippen LogP contribution is 2.30. The van der Waals surface area contributed by atoms with Crippen LogP contribution in [-0.2, 0) is 0 Å². The van der Waals surface area contributed by atoms with E-state index in [0.29, 0.717) is 11.4 Å². The molecule has 1 aromatic heterocycles. The van der Waals surface area contributed by atoms with Gasteiger partial charge in [0.1, 0.15) is 0 Å². The Kier molecular flexibility index (Phi) is 3.97. The highest BCUT2D eigenvalue weighted by Gasteiger charge is 2.28. The fraction of sp³-hybridized carbons (Fsp3) is 0.444. The van der Waals surface area contributed by atoms with E-state index in [9.17, 15) is 10.0 Å². The minimum Gasteiger partial charge on any atom is -0.493 e. The van der Waals surface area contributed by atoms with E-state index >= 15 is 0 Å². The molecule has 1 rings (SSSR count). The maximum atomic E-state index is 9.26. The van der Waals surface area contributed by atoms with Crippen molar-refractivity contribution in [1.29, 1.82) is 0 Å². The normalized spacial score (nSPS) is 9.88. The molecule has 1 aromatic rings. The third kappa shape index (κ3) is 2.05. The number of hydrogen-bond donors (Lipinski definition) is 2. The van der Waals surface area contributed by atoms with Gasteiger partial charge >= 0.3 is 7.12 Å². The zero-order valence-electron chi connectivity index (χ0n) is 9.64. The van der Waals surface area contributed by atoms with Crippen molar-refractivity contribution in [1.82, 2.24) is 4.98 Å². The summed E-state index contributed by atoms with van der Waals surface area (Å²) in [5, 5.41) is 18.5. The van der Waals surface area contributed by atoms with Crippen LogP contribution in [0.4, 0.5) is 0 Å². The molecular formula is C9H14BNO5. The fourth-order valence-electron chi connectivity index (χ4n) is 1.47. The SMILES string of the molecule is COc1nc(C)c(OC)c(OC)c1B(O)O. The summed E-state index contributed by atoms with van der Waals surface area (Å²) in [6.45, 7) is 1.71. The van der Waals surface area contributed by atoms with E-state index in [1.807, 2.05) is 0 Å². The van der Waals surface area contributed by atoms with Crippen LogP contribution in [0.2, 0.25) is 0 Å². The van der Waals surface area contributed by atoms with Crippen molar-refractivity contribution in [2.24, 2.45) is 0 Å². The molecule has 0 radical (unpaired) electrons. The van der Waals surface area contributed by atoms with Crippen LogP contribution in [0.3, 0.4) is 0 Å². The maximum Gasteiger partial charge on any atom is 0.498 e. The van der Waals surface area contributed by atoms with Gasteiger partial charge in [-0.3, -0.25) is 0 Å². The molecule has 6 nitrogen and oxygen atoms in total. The summed E-state index contributed by atoms with van der Waals surface area (Å²) in [4.78, 5) is 4.05. The van der Waals surface area contributed by atoms with E-state index in [1.54, 1.807) is 6.92 Å². The van der Waals surface area contributed by atoms with Gasteiger partial charge in [0.15, 0.2) is 11.5 Å². The van der Waals surface area contributed by atoms with E-state index in [4.69, 9.17) is 14.2 Å². The average Bonchev–Trinajstić information content (AvgIpc) is 2.26. The third-order valence-electron chi connectivity index (χ3n) is 2.14. The Morgan fingerprint density at radius 3 is 1.94 bits per heavy atom. The topological polar surface area (TPSA) is 81.0 Å². The van der Waals surface area contributed by atoms with Crippen LogP contribution in [0.1, 0.15) is 5.69 Å². The number of rotatable bonds is 4. The first-order valence-electron chi connectivity index (χ1n) is 4.59. The molecule has 0 aliphatic carbocycles. The van der Waals surface area contributed by atoms with Gasteiger partial charge in [0.05, 0.1) is 32.5 Å². The van der Waals surface area contributed by atoms with Crippen molar-refractivity contribution in [2.75, 3.05) is 21.3 Å². The van der Waals surface area contributed by atoms with Gasteiger partial charge in [-0.25, -0.2) is 4.98 Å². The van der Waals surface area contributed by atoms with Crippen LogP contribution in [0.25, 0.3) is 0 Å². The molecule has 0 spiro atoms. The minimum absolute atomic E-state index is 0.0486. The molecule has 1 heterocycles. The van der Waals surface area contributed by atoms with Crippen molar-refractivity contribution in [2.45, 2.75) is 6.92 Å². The zero-order valence-corrected chi connectivity index (χ0v) is 9.64. The molecule has 0 fully saturated rings. The Hall–Kier alpha value is -1.47. The molecule has 88 valence electrons. The lowest BCUT2D eigenvalue weighted by Gasteiger charge is -2.16. The van der Waals surface area contributed by atoms with Crippen molar-refractivity contribution in [3.8, 4) is 17.4 Å². The van der Waals surface area contributed by atoms with Gasteiger partial charge in [-0.1, -0.05) is 0 Å². The lowest BCUT2D eigenvalue weighted by atomic mass is 9.79. The van der Waals surface area contributed by atoms with Crippen LogP contribution in [-0.4, -0.2) is 43.5 Å². The highest BCUT2D eigenvalue weighted by molar-refractivity contribution is 6.61. The number of aromatic nitrogens is 1. The smallest absolute Gasteiger partial charge is 0.493 e. The second kappa shape index (κ2) is 5.04. The quantitative estimate of drug-likeness (QED) is 0.648. The van der Waals surface area contributed by atoms with E-state index in [2.05, 4.69) is 4.98 Å². The van der Waals surface area contributed by atoms with Gasteiger partial charge in [-0.15, -0.1) is 0 Å². The highest BCUT2D eigenvalue weighted by atomic mass is 16.5. The predicted octanol–water partition coefficient (Wildman–Crippen LogP) is -0.904. The number of pyridine rings is 1. The first kappa shape index (κ1) is 12.6. The molecule has 0 unspecified atom stereocenters. The summed E-state index contributed by atoms with van der Waals surface area (Å²) in [5.74, 6) is 0.665. The van der Waals surface area contributed by atoms with Crippen LogP contribution < -0.4 is 19.7 Å². The zero-order chi connectivity index (χ0) is 12.3. The molecule has 7 heteroatoms. The van der Waals surface area contributed by atoms with Gasteiger partial charge in [0.25, 0.3) is 0 Å². The van der Waals surface area contributed by atoms with Crippen molar-refractivity contribution < 1.29 is 24.3 Å². The Bertz CT molecular complexity index is 383. The summed E-state index contributed by atoms with van der Waals surface area (Å²) in [6.07, 6.45) is 0. The Labute approximate surface area is 93.9 Å². The van der Waals surface area contributed by atoms with E-state index < -0.39 is 7.12 Å². The van der Waals surface area contributed by atoms with E-state index in [1.165, 1.54) is 21.3 Å². The lowest BCUT2D eigenvalue weighted by Crippen LogP contribution is -2.34. The first-order chi connectivity index (χ1) is 7.56. The van der Waals surface area contributed by atoms with Crippen molar-refractivity contribution in [3.63, 3.8) is 0 Å². The molecule has 0 aromatic carbocycles. The van der Waals surface area contributed by atoms with Crippen LogP contribution >= 0.6 is 0 Å². The van der Waals surface area contributed by atoms with Gasteiger partial charge in [0.2, 0.25) is 5.88 Å². The Morgan fingerprint density at radius 2 is 1.56 bits per heavy atom. The monoisotopic (exact) mass is 227 g/mol. The fourth-order valence-corrected chi connectivity index (χ4v) is 1.47. The Balaban J connectivity index is 3.52. The predicted molar refractivity (Wildman–Crippen MR) is 58.5 cm³/mol. The number of aryl methyl sites for hydroxylation is 1. The maximum absolute atomic E-state index is 9.26. The molecule has 0 atom stereocenters. The summed E-state index contributed by atoms with van der Waals surface area (Å²) in [7, 11) is 2.50. The second-order valence-corrected chi connectivity index (χ2v) is 3.06. The number of methoxy groups -OCH3 is 3. The van der Waals surface area contributed by atoms with E-state index in [-0.39, 0.29) is 17.1 Å². The molecule has 0 aliphatic rings. The number of ether oxygens (including phenoxy) is 3. The van der Waals surface area contributed by atoms with Crippen LogP contribution in [0.5, 0.6) is 17.4 Å². The average molecular weight is 227 g/mol. The van der Waals surface area contributed by atoms with E-state index in [0.717, 1.165) is 0 Å².